The number of likely N-dealkylation sites (N-methyl/N-ethyl adjacent to an activating group) is 1. The molecule has 6 nitrogen and oxygen atoms in total. The van der Waals surface area contributed by atoms with Gasteiger partial charge in [-0.25, -0.2) is 4.98 Å². The third kappa shape index (κ3) is 3.27. The highest BCUT2D eigenvalue weighted by molar-refractivity contribution is 6.31. The van der Waals surface area contributed by atoms with E-state index in [-0.39, 0.29) is 5.91 Å². The van der Waals surface area contributed by atoms with Gasteiger partial charge in [0.2, 0.25) is 5.91 Å². The molecule has 0 aromatic carbocycles. The molecule has 7 heteroatoms. The van der Waals surface area contributed by atoms with Gasteiger partial charge in [0.15, 0.2) is 5.15 Å². The molecular weight excluding hydrogens is 314 g/mol. The Morgan fingerprint density at radius 2 is 2.26 bits per heavy atom. The second-order valence-electron chi connectivity index (χ2n) is 5.27. The second-order valence-corrected chi connectivity index (χ2v) is 5.62. The van der Waals surface area contributed by atoms with Crippen LogP contribution in [-0.2, 0) is 18.4 Å². The quantitative estimate of drug-likeness (QED) is 0.691. The maximum atomic E-state index is 12.2. The standard InChI is InChI=1S/C16H16ClN5O/c1-20(10-12-9-18-21(2)11-12)15(23)7-6-13-16(17)19-14-5-3-4-8-22(13)14/h3-9,11H,10H2,1-2H3/b7-6-. The lowest BCUT2D eigenvalue weighted by Crippen LogP contribution is -2.23. The summed E-state index contributed by atoms with van der Waals surface area (Å²) >= 11 is 6.14. The Morgan fingerprint density at radius 3 is 3.00 bits per heavy atom. The fourth-order valence-corrected chi connectivity index (χ4v) is 2.56. The summed E-state index contributed by atoms with van der Waals surface area (Å²) < 4.78 is 3.55. The van der Waals surface area contributed by atoms with Crippen LogP contribution in [0.15, 0.2) is 42.9 Å². The average molecular weight is 330 g/mol. The number of carbonyl (C=O) groups is 1. The van der Waals surface area contributed by atoms with Gasteiger partial charge in [-0.2, -0.15) is 5.10 Å². The van der Waals surface area contributed by atoms with Gasteiger partial charge in [-0.1, -0.05) is 17.7 Å². The second kappa shape index (κ2) is 6.26. The Bertz CT molecular complexity index is 880. The van der Waals surface area contributed by atoms with E-state index < -0.39 is 0 Å². The molecule has 0 aliphatic carbocycles. The lowest BCUT2D eigenvalue weighted by atomic mass is 10.3. The van der Waals surface area contributed by atoms with E-state index in [9.17, 15) is 4.79 Å². The minimum Gasteiger partial charge on any atom is -0.338 e. The summed E-state index contributed by atoms with van der Waals surface area (Å²) in [6.07, 6.45) is 8.67. The van der Waals surface area contributed by atoms with E-state index >= 15 is 0 Å². The minimum absolute atomic E-state index is 0.115. The first kappa shape index (κ1) is 15.3. The molecule has 1 amide bonds. The van der Waals surface area contributed by atoms with E-state index in [2.05, 4.69) is 10.1 Å². The van der Waals surface area contributed by atoms with Gasteiger partial charge in [0.1, 0.15) is 5.65 Å². The normalized spacial score (nSPS) is 11.4. The van der Waals surface area contributed by atoms with Gasteiger partial charge in [-0.05, 0) is 18.2 Å². The number of carbonyl (C=O) groups excluding carboxylic acids is 1. The van der Waals surface area contributed by atoms with E-state index in [1.165, 1.54) is 6.08 Å². The van der Waals surface area contributed by atoms with E-state index in [1.807, 2.05) is 42.0 Å². The number of aromatic nitrogens is 4. The molecule has 0 saturated heterocycles. The van der Waals surface area contributed by atoms with Crippen molar-refractivity contribution in [3.8, 4) is 0 Å². The van der Waals surface area contributed by atoms with E-state index in [1.54, 1.807) is 28.9 Å². The number of pyridine rings is 1. The number of fused-ring (bicyclic) bond motifs is 1. The average Bonchev–Trinajstić information content (AvgIpc) is 3.07. The van der Waals surface area contributed by atoms with Crippen molar-refractivity contribution in [2.24, 2.45) is 7.05 Å². The Hall–Kier alpha value is -2.60. The largest absolute Gasteiger partial charge is 0.338 e. The first-order valence-electron chi connectivity index (χ1n) is 7.08. The smallest absolute Gasteiger partial charge is 0.246 e. The molecule has 0 saturated carbocycles. The molecule has 0 spiro atoms. The molecule has 118 valence electrons. The van der Waals surface area contributed by atoms with Gasteiger partial charge in [0, 0.05) is 44.7 Å². The maximum absolute atomic E-state index is 12.2. The van der Waals surface area contributed by atoms with Gasteiger partial charge in [0.05, 0.1) is 11.9 Å². The van der Waals surface area contributed by atoms with Crippen LogP contribution in [0.2, 0.25) is 5.15 Å². The summed E-state index contributed by atoms with van der Waals surface area (Å²) in [6.45, 7) is 0.498. The van der Waals surface area contributed by atoms with Gasteiger partial charge >= 0.3 is 0 Å². The van der Waals surface area contributed by atoms with Crippen LogP contribution >= 0.6 is 11.6 Å². The summed E-state index contributed by atoms with van der Waals surface area (Å²) in [6, 6.07) is 5.64. The zero-order valence-electron chi connectivity index (χ0n) is 12.8. The first-order valence-corrected chi connectivity index (χ1v) is 7.45. The number of nitrogens with zero attached hydrogens (tertiary/aromatic N) is 5. The molecule has 23 heavy (non-hydrogen) atoms. The molecular formula is C16H16ClN5O. The summed E-state index contributed by atoms with van der Waals surface area (Å²) in [7, 11) is 3.59. The van der Waals surface area contributed by atoms with Crippen molar-refractivity contribution in [1.82, 2.24) is 24.1 Å². The Labute approximate surface area is 138 Å². The summed E-state index contributed by atoms with van der Waals surface area (Å²) in [4.78, 5) is 18.1. The highest BCUT2D eigenvalue weighted by atomic mass is 35.5. The highest BCUT2D eigenvalue weighted by Crippen LogP contribution is 2.19. The van der Waals surface area contributed by atoms with Crippen LogP contribution in [0.1, 0.15) is 11.3 Å². The number of aryl methyl sites for hydroxylation is 1. The molecule has 0 fully saturated rings. The zero-order chi connectivity index (χ0) is 16.4. The van der Waals surface area contributed by atoms with Crippen LogP contribution in [0, 0.1) is 0 Å². The van der Waals surface area contributed by atoms with Crippen LogP contribution in [0.3, 0.4) is 0 Å². The van der Waals surface area contributed by atoms with E-state index in [0.29, 0.717) is 17.4 Å². The molecule has 0 N–H and O–H groups in total. The Morgan fingerprint density at radius 1 is 1.43 bits per heavy atom. The third-order valence-electron chi connectivity index (χ3n) is 3.46. The summed E-state index contributed by atoms with van der Waals surface area (Å²) in [5.74, 6) is -0.115. The van der Waals surface area contributed by atoms with Crippen LogP contribution in [0.4, 0.5) is 0 Å². The van der Waals surface area contributed by atoms with Crippen LogP contribution < -0.4 is 0 Å². The summed E-state index contributed by atoms with van der Waals surface area (Å²) in [5.41, 5.74) is 2.41. The van der Waals surface area contributed by atoms with E-state index in [0.717, 1.165) is 11.2 Å². The van der Waals surface area contributed by atoms with Crippen molar-refractivity contribution >= 4 is 29.2 Å². The molecule has 3 aromatic rings. The number of rotatable bonds is 4. The fraction of sp³-hybridized carbons (Fsp3) is 0.188. The van der Waals surface area contributed by atoms with Crippen molar-refractivity contribution in [1.29, 1.82) is 0 Å². The Balaban J connectivity index is 1.75. The van der Waals surface area contributed by atoms with Gasteiger partial charge < -0.3 is 4.90 Å². The third-order valence-corrected chi connectivity index (χ3v) is 3.74. The molecule has 0 atom stereocenters. The molecule has 3 aromatic heterocycles. The minimum atomic E-state index is -0.115. The van der Waals surface area contributed by atoms with Crippen LogP contribution in [0.5, 0.6) is 0 Å². The molecule has 0 bridgehead atoms. The predicted octanol–water partition coefficient (Wildman–Crippen LogP) is 2.39. The van der Waals surface area contributed by atoms with E-state index in [4.69, 9.17) is 11.6 Å². The molecule has 0 radical (unpaired) electrons. The molecule has 0 unspecified atom stereocenters. The monoisotopic (exact) mass is 329 g/mol. The van der Waals surface area contributed by atoms with Crippen molar-refractivity contribution in [2.75, 3.05) is 7.05 Å². The van der Waals surface area contributed by atoms with Crippen LogP contribution in [0.25, 0.3) is 11.7 Å². The maximum Gasteiger partial charge on any atom is 0.246 e. The van der Waals surface area contributed by atoms with Crippen molar-refractivity contribution < 1.29 is 4.79 Å². The van der Waals surface area contributed by atoms with Gasteiger partial charge in [-0.3, -0.25) is 13.9 Å². The zero-order valence-corrected chi connectivity index (χ0v) is 13.6. The summed E-state index contributed by atoms with van der Waals surface area (Å²) in [5, 5.41) is 4.46. The lowest BCUT2D eigenvalue weighted by molar-refractivity contribution is -0.125. The molecule has 3 heterocycles. The molecule has 0 aliphatic heterocycles. The van der Waals surface area contributed by atoms with Crippen molar-refractivity contribution in [3.05, 3.63) is 59.3 Å². The lowest BCUT2D eigenvalue weighted by Gasteiger charge is -2.13. The SMILES string of the molecule is CN(Cc1cnn(C)c1)C(=O)/C=C\c1c(Cl)nc2ccccn12. The topological polar surface area (TPSA) is 55.4 Å². The molecule has 3 rings (SSSR count). The number of hydrogen-bond donors (Lipinski definition) is 0. The van der Waals surface area contributed by atoms with Gasteiger partial charge in [0.25, 0.3) is 0 Å². The number of hydrogen-bond acceptors (Lipinski definition) is 3. The number of amides is 1. The Kier molecular flexibility index (Phi) is 4.16. The van der Waals surface area contributed by atoms with Crippen LogP contribution in [-0.4, -0.2) is 37.0 Å². The van der Waals surface area contributed by atoms with Gasteiger partial charge in [-0.15, -0.1) is 0 Å². The van der Waals surface area contributed by atoms with Crippen molar-refractivity contribution in [2.45, 2.75) is 6.54 Å². The number of halogens is 1. The fourth-order valence-electron chi connectivity index (χ4n) is 2.32. The highest BCUT2D eigenvalue weighted by Gasteiger charge is 2.10. The number of imidazole rings is 1. The predicted molar refractivity (Wildman–Crippen MR) is 88.9 cm³/mol. The first-order chi connectivity index (χ1) is 11.0. The molecule has 0 aliphatic rings. The van der Waals surface area contributed by atoms with Crippen molar-refractivity contribution in [3.63, 3.8) is 0 Å².